The molecule has 2 saturated heterocycles. The number of alkyl carbamates (subject to hydrolysis) is 2. The summed E-state index contributed by atoms with van der Waals surface area (Å²) in [6.07, 6.45) is 5.26. The number of rotatable bonds is 11. The zero-order chi connectivity index (χ0) is 40.1. The molecule has 2 aliphatic heterocycles. The van der Waals surface area contributed by atoms with E-state index in [4.69, 9.17) is 9.47 Å². The first-order valence-corrected chi connectivity index (χ1v) is 19.0. The van der Waals surface area contributed by atoms with Gasteiger partial charge in [-0.1, -0.05) is 64.1 Å². The topological polar surface area (TPSA) is 198 Å². The number of ether oxygens (including phenoxy) is 2. The predicted molar refractivity (Wildman–Crippen MR) is 207 cm³/mol. The van der Waals surface area contributed by atoms with E-state index in [1.807, 2.05) is 70.2 Å². The molecule has 0 spiro atoms. The van der Waals surface area contributed by atoms with Gasteiger partial charge in [-0.2, -0.15) is 5.26 Å². The van der Waals surface area contributed by atoms with Gasteiger partial charge in [0, 0.05) is 18.7 Å². The fourth-order valence-electron chi connectivity index (χ4n) is 7.57. The Morgan fingerprint density at radius 1 is 0.732 bits per heavy atom. The van der Waals surface area contributed by atoms with E-state index >= 15 is 0 Å². The summed E-state index contributed by atoms with van der Waals surface area (Å²) in [5, 5.41) is 15.5. The van der Waals surface area contributed by atoms with Gasteiger partial charge in [-0.25, -0.2) is 19.6 Å². The molecule has 2 fully saturated rings. The first kappa shape index (κ1) is 39.5. The molecule has 0 radical (unpaired) electrons. The van der Waals surface area contributed by atoms with E-state index in [0.717, 1.165) is 48.1 Å². The Hall–Kier alpha value is -6.17. The van der Waals surface area contributed by atoms with Crippen molar-refractivity contribution in [3.63, 3.8) is 0 Å². The molecule has 0 bridgehead atoms. The number of likely N-dealkylation sites (tertiary alicyclic amines) is 2. The third-order valence-corrected chi connectivity index (χ3v) is 10.6. The molecule has 15 heteroatoms. The number of hydrogen-bond acceptors (Lipinski definition) is 9. The van der Waals surface area contributed by atoms with Crippen molar-refractivity contribution in [2.45, 2.75) is 77.5 Å². The third-order valence-electron chi connectivity index (χ3n) is 10.6. The Labute approximate surface area is 326 Å². The van der Waals surface area contributed by atoms with Crippen molar-refractivity contribution in [3.05, 3.63) is 72.1 Å². The Kier molecular flexibility index (Phi) is 12.1. The van der Waals surface area contributed by atoms with Gasteiger partial charge in [0.2, 0.25) is 11.8 Å². The number of nitrogens with zero attached hydrogens (tertiary/aromatic N) is 5. The van der Waals surface area contributed by atoms with Gasteiger partial charge in [0.25, 0.3) is 0 Å². The smallest absolute Gasteiger partial charge is 0.407 e. The maximum atomic E-state index is 13.6. The van der Waals surface area contributed by atoms with Crippen molar-refractivity contribution in [1.82, 2.24) is 40.4 Å². The number of H-pyrrole nitrogens is 2. The summed E-state index contributed by atoms with van der Waals surface area (Å²) >= 11 is 0. The molecule has 15 nitrogen and oxygen atoms in total. The lowest BCUT2D eigenvalue weighted by molar-refractivity contribution is -0.136. The summed E-state index contributed by atoms with van der Waals surface area (Å²) in [6.45, 7) is 8.64. The van der Waals surface area contributed by atoms with Gasteiger partial charge in [-0.15, -0.1) is 0 Å². The van der Waals surface area contributed by atoms with E-state index < -0.39 is 24.3 Å². The number of aromatic nitrogens is 4. The van der Waals surface area contributed by atoms with Gasteiger partial charge < -0.3 is 39.9 Å². The highest BCUT2D eigenvalue weighted by molar-refractivity contribution is 5.87. The number of benzene rings is 2. The van der Waals surface area contributed by atoms with Gasteiger partial charge in [0.1, 0.15) is 23.7 Å². The average Bonchev–Trinajstić information content (AvgIpc) is 4.04. The highest BCUT2D eigenvalue weighted by Crippen LogP contribution is 2.36. The molecule has 4 amide bonds. The van der Waals surface area contributed by atoms with E-state index in [9.17, 15) is 24.4 Å². The van der Waals surface area contributed by atoms with Crippen LogP contribution in [0.25, 0.3) is 33.6 Å². The Morgan fingerprint density at radius 3 is 1.68 bits per heavy atom. The summed E-state index contributed by atoms with van der Waals surface area (Å²) in [6, 6.07) is 14.0. The van der Waals surface area contributed by atoms with E-state index in [0.29, 0.717) is 41.6 Å². The number of hydrogen-bond donors (Lipinski definition) is 4. The number of amides is 4. The van der Waals surface area contributed by atoms with Gasteiger partial charge in [-0.3, -0.25) is 9.59 Å². The molecule has 4 unspecified atom stereocenters. The van der Waals surface area contributed by atoms with Crippen molar-refractivity contribution >= 4 is 24.0 Å². The molecule has 2 aromatic carbocycles. The van der Waals surface area contributed by atoms with E-state index in [1.165, 1.54) is 14.2 Å². The van der Waals surface area contributed by atoms with Crippen LogP contribution in [0.5, 0.6) is 0 Å². The van der Waals surface area contributed by atoms with Gasteiger partial charge in [0.15, 0.2) is 0 Å². The van der Waals surface area contributed by atoms with Crippen molar-refractivity contribution in [3.8, 4) is 39.7 Å². The maximum Gasteiger partial charge on any atom is 0.407 e. The highest BCUT2D eigenvalue weighted by Gasteiger charge is 2.39. The van der Waals surface area contributed by atoms with Crippen LogP contribution in [0.4, 0.5) is 9.59 Å². The normalized spacial score (nSPS) is 17.8. The summed E-state index contributed by atoms with van der Waals surface area (Å²) < 4.78 is 9.49. The molecule has 4 atom stereocenters. The molecule has 0 saturated carbocycles. The second-order valence-corrected chi connectivity index (χ2v) is 14.9. The third kappa shape index (κ3) is 8.24. The van der Waals surface area contributed by atoms with Gasteiger partial charge >= 0.3 is 12.2 Å². The average molecular weight is 764 g/mol. The fourth-order valence-corrected chi connectivity index (χ4v) is 7.57. The molecule has 294 valence electrons. The van der Waals surface area contributed by atoms with Crippen LogP contribution in [0.2, 0.25) is 0 Å². The van der Waals surface area contributed by atoms with Crippen LogP contribution in [0, 0.1) is 23.2 Å². The summed E-state index contributed by atoms with van der Waals surface area (Å²) in [5.41, 5.74) is 5.35. The van der Waals surface area contributed by atoms with Crippen molar-refractivity contribution in [2.24, 2.45) is 11.8 Å². The number of nitrogens with one attached hydrogen (secondary N) is 4. The second-order valence-electron chi connectivity index (χ2n) is 14.9. The maximum absolute atomic E-state index is 13.6. The molecular weight excluding hydrogens is 715 g/mol. The number of carbonyl (C=O) groups excluding carboxylic acids is 4. The van der Waals surface area contributed by atoms with E-state index in [2.05, 4.69) is 36.6 Å². The lowest BCUT2D eigenvalue weighted by Gasteiger charge is -2.30. The minimum absolute atomic E-state index is 0.123. The van der Waals surface area contributed by atoms with Crippen LogP contribution in [-0.4, -0.2) is 93.1 Å². The fraction of sp³-hybridized carbons (Fsp3) is 0.439. The molecule has 4 aromatic rings. The molecule has 56 heavy (non-hydrogen) atoms. The monoisotopic (exact) mass is 763 g/mol. The first-order valence-electron chi connectivity index (χ1n) is 19.0. The standard InChI is InChI=1S/C41H49N9O6/c1-23(2)34(47-40(53)55-5)38(51)49-17-7-9-32(49)36-43-21-30(45-36)26-13-11-25(12-14-26)27-15-16-29(28(19-27)20-42)31-22-44-37(46-31)33-10-8-18-50(33)39(52)35(24(3)4)48-41(54)56-6/h11-16,19,21-24,32-35H,7-10,17-18H2,1-6H3,(H,43,45)(H,44,46)(H,47,53)(H,48,54). The lowest BCUT2D eigenvalue weighted by Crippen LogP contribution is -2.51. The molecule has 6 rings (SSSR count). The molecule has 4 N–H and O–H groups in total. The van der Waals surface area contributed by atoms with Crippen LogP contribution in [0.1, 0.15) is 82.7 Å². The summed E-state index contributed by atoms with van der Waals surface area (Å²) in [5.74, 6) is 0.696. The second kappa shape index (κ2) is 17.1. The minimum Gasteiger partial charge on any atom is -0.453 e. The Morgan fingerprint density at radius 2 is 1.20 bits per heavy atom. The Balaban J connectivity index is 1.15. The number of carbonyl (C=O) groups is 4. The molecule has 2 aromatic heterocycles. The lowest BCUT2D eigenvalue weighted by atomic mass is 9.97. The summed E-state index contributed by atoms with van der Waals surface area (Å²) in [7, 11) is 2.55. The van der Waals surface area contributed by atoms with Crippen LogP contribution in [0.15, 0.2) is 54.9 Å². The quantitative estimate of drug-likeness (QED) is 0.140. The van der Waals surface area contributed by atoms with Crippen LogP contribution in [-0.2, 0) is 19.1 Å². The van der Waals surface area contributed by atoms with Gasteiger partial charge in [-0.05, 0) is 60.3 Å². The zero-order valence-corrected chi connectivity index (χ0v) is 32.6. The van der Waals surface area contributed by atoms with Crippen LogP contribution in [0.3, 0.4) is 0 Å². The van der Waals surface area contributed by atoms with Crippen molar-refractivity contribution in [1.29, 1.82) is 5.26 Å². The number of imidazole rings is 2. The number of nitriles is 1. The van der Waals surface area contributed by atoms with Gasteiger partial charge in [0.05, 0.1) is 61.7 Å². The van der Waals surface area contributed by atoms with Crippen molar-refractivity contribution < 1.29 is 28.7 Å². The minimum atomic E-state index is -0.733. The van der Waals surface area contributed by atoms with E-state index in [-0.39, 0.29) is 35.7 Å². The number of methoxy groups -OCH3 is 2. The van der Waals surface area contributed by atoms with E-state index in [1.54, 1.807) is 22.2 Å². The molecule has 0 aliphatic carbocycles. The zero-order valence-electron chi connectivity index (χ0n) is 32.6. The predicted octanol–water partition coefficient (Wildman–Crippen LogP) is 6.09. The molecular formula is C41H49N9O6. The molecule has 4 heterocycles. The number of aromatic amines is 2. The Bertz CT molecular complexity index is 2100. The SMILES string of the molecule is COC(=O)NC(C(=O)N1CCCC1c1ncc(-c2ccc(-c3ccc(-c4cnc(C5CCCN5C(=O)C(NC(=O)OC)C(C)C)[nH]4)c(C#N)c3)cc2)[nH]1)C(C)C. The summed E-state index contributed by atoms with van der Waals surface area (Å²) in [4.78, 5) is 70.6. The van der Waals surface area contributed by atoms with Crippen molar-refractivity contribution in [2.75, 3.05) is 27.3 Å². The highest BCUT2D eigenvalue weighted by atomic mass is 16.5. The van der Waals surface area contributed by atoms with Crippen LogP contribution < -0.4 is 10.6 Å². The first-order chi connectivity index (χ1) is 26.9. The largest absolute Gasteiger partial charge is 0.453 e. The van der Waals surface area contributed by atoms with Crippen LogP contribution >= 0.6 is 0 Å². The molecule has 2 aliphatic rings.